The molecular weight excluding hydrogens is 328 g/mol. The summed E-state index contributed by atoms with van der Waals surface area (Å²) in [5.41, 5.74) is 2.77. The monoisotopic (exact) mass is 368 g/mol. The molecule has 2 saturated carbocycles. The Morgan fingerprint density at radius 3 is 1.78 bits per heavy atom. The summed E-state index contributed by atoms with van der Waals surface area (Å²) < 4.78 is 5.20. The normalized spacial score (nSPS) is 28.8. The standard InChI is InChI=1S/C26H40O/c1-3-21-4-6-22(7-5-21)8-9-23-10-12-24(13-11-23)14-15-25-16-18-26(19-17-25)20-27-2/h3,16-19,21-24H,1,4-15,20H2,2H3. The number of benzene rings is 1. The van der Waals surface area contributed by atoms with Crippen molar-refractivity contribution in [3.05, 3.63) is 48.0 Å². The van der Waals surface area contributed by atoms with Gasteiger partial charge in [-0.2, -0.15) is 0 Å². The first kappa shape index (κ1) is 20.6. The average molecular weight is 369 g/mol. The van der Waals surface area contributed by atoms with Crippen molar-refractivity contribution in [2.24, 2.45) is 23.7 Å². The molecule has 27 heavy (non-hydrogen) atoms. The van der Waals surface area contributed by atoms with E-state index in [4.69, 9.17) is 4.74 Å². The van der Waals surface area contributed by atoms with Gasteiger partial charge >= 0.3 is 0 Å². The topological polar surface area (TPSA) is 9.23 Å². The fraction of sp³-hybridized carbons (Fsp3) is 0.692. The van der Waals surface area contributed by atoms with E-state index in [1.54, 1.807) is 7.11 Å². The molecule has 150 valence electrons. The summed E-state index contributed by atoms with van der Waals surface area (Å²) in [6.07, 6.45) is 19.4. The summed E-state index contributed by atoms with van der Waals surface area (Å²) in [5.74, 6) is 3.81. The predicted molar refractivity (Wildman–Crippen MR) is 116 cm³/mol. The molecule has 0 amide bonds. The molecule has 0 aliphatic heterocycles. The molecule has 1 heteroatoms. The fourth-order valence-corrected chi connectivity index (χ4v) is 5.33. The second-order valence-corrected chi connectivity index (χ2v) is 9.27. The summed E-state index contributed by atoms with van der Waals surface area (Å²) in [6, 6.07) is 9.03. The molecule has 0 unspecified atom stereocenters. The number of ether oxygens (including phenoxy) is 1. The van der Waals surface area contributed by atoms with E-state index in [0.717, 1.165) is 30.3 Å². The van der Waals surface area contributed by atoms with Gasteiger partial charge in [-0.25, -0.2) is 0 Å². The Bertz CT molecular complexity index is 530. The first-order valence-corrected chi connectivity index (χ1v) is 11.5. The number of methoxy groups -OCH3 is 1. The van der Waals surface area contributed by atoms with E-state index < -0.39 is 0 Å². The van der Waals surface area contributed by atoms with Crippen molar-refractivity contribution in [3.63, 3.8) is 0 Å². The van der Waals surface area contributed by atoms with Gasteiger partial charge in [0, 0.05) is 7.11 Å². The van der Waals surface area contributed by atoms with Crippen molar-refractivity contribution in [1.29, 1.82) is 0 Å². The zero-order valence-corrected chi connectivity index (χ0v) is 17.5. The molecule has 0 bridgehead atoms. The third kappa shape index (κ3) is 6.79. The van der Waals surface area contributed by atoms with Crippen LogP contribution in [0.5, 0.6) is 0 Å². The molecule has 0 radical (unpaired) electrons. The van der Waals surface area contributed by atoms with E-state index >= 15 is 0 Å². The average Bonchev–Trinajstić information content (AvgIpc) is 2.73. The van der Waals surface area contributed by atoms with Crippen LogP contribution < -0.4 is 0 Å². The summed E-state index contributed by atoms with van der Waals surface area (Å²) in [5, 5.41) is 0. The highest BCUT2D eigenvalue weighted by molar-refractivity contribution is 5.22. The van der Waals surface area contributed by atoms with E-state index in [2.05, 4.69) is 36.9 Å². The molecule has 0 spiro atoms. The third-order valence-electron chi connectivity index (χ3n) is 7.35. The first-order valence-electron chi connectivity index (χ1n) is 11.5. The van der Waals surface area contributed by atoms with Gasteiger partial charge in [0.05, 0.1) is 6.61 Å². The van der Waals surface area contributed by atoms with Crippen LogP contribution in [0, 0.1) is 23.7 Å². The molecule has 2 aliphatic rings. The minimum Gasteiger partial charge on any atom is -0.380 e. The predicted octanol–water partition coefficient (Wildman–Crippen LogP) is 7.34. The van der Waals surface area contributed by atoms with Crippen molar-refractivity contribution in [2.45, 2.75) is 83.7 Å². The lowest BCUT2D eigenvalue weighted by molar-refractivity contribution is 0.185. The molecule has 2 aliphatic carbocycles. The molecule has 2 fully saturated rings. The molecule has 0 saturated heterocycles. The molecular formula is C26H40O. The second-order valence-electron chi connectivity index (χ2n) is 9.27. The zero-order valence-electron chi connectivity index (χ0n) is 17.5. The van der Waals surface area contributed by atoms with Crippen LogP contribution in [-0.2, 0) is 17.8 Å². The van der Waals surface area contributed by atoms with Crippen molar-refractivity contribution >= 4 is 0 Å². The van der Waals surface area contributed by atoms with Crippen LogP contribution in [0.1, 0.15) is 81.8 Å². The smallest absolute Gasteiger partial charge is 0.0713 e. The molecule has 3 rings (SSSR count). The summed E-state index contributed by atoms with van der Waals surface area (Å²) in [4.78, 5) is 0. The van der Waals surface area contributed by atoms with Crippen LogP contribution in [0.4, 0.5) is 0 Å². The number of hydrogen-bond donors (Lipinski definition) is 0. The Hall–Kier alpha value is -1.08. The van der Waals surface area contributed by atoms with Gasteiger partial charge < -0.3 is 4.74 Å². The summed E-state index contributed by atoms with van der Waals surface area (Å²) in [6.45, 7) is 4.70. The van der Waals surface area contributed by atoms with Gasteiger partial charge in [-0.3, -0.25) is 0 Å². The molecule has 1 aromatic rings. The highest BCUT2D eigenvalue weighted by Crippen LogP contribution is 2.37. The van der Waals surface area contributed by atoms with Gasteiger partial charge in [-0.1, -0.05) is 68.9 Å². The van der Waals surface area contributed by atoms with E-state index in [1.807, 2.05) is 0 Å². The van der Waals surface area contributed by atoms with Crippen LogP contribution in [0.25, 0.3) is 0 Å². The number of hydrogen-bond acceptors (Lipinski definition) is 1. The third-order valence-corrected chi connectivity index (χ3v) is 7.35. The highest BCUT2D eigenvalue weighted by Gasteiger charge is 2.24. The largest absolute Gasteiger partial charge is 0.380 e. The Balaban J connectivity index is 1.29. The van der Waals surface area contributed by atoms with Gasteiger partial charge in [0.25, 0.3) is 0 Å². The molecule has 0 aromatic heterocycles. The van der Waals surface area contributed by atoms with Gasteiger partial charge in [0.15, 0.2) is 0 Å². The molecule has 0 atom stereocenters. The SMILES string of the molecule is C=CC1CCC(CCC2CCC(CCc3ccc(COC)cc3)CC2)CC1. The minimum absolute atomic E-state index is 0.722. The maximum Gasteiger partial charge on any atom is 0.0713 e. The van der Waals surface area contributed by atoms with Crippen molar-refractivity contribution in [1.82, 2.24) is 0 Å². The van der Waals surface area contributed by atoms with Crippen LogP contribution in [0.15, 0.2) is 36.9 Å². The van der Waals surface area contributed by atoms with Crippen LogP contribution in [0.3, 0.4) is 0 Å². The first-order chi connectivity index (χ1) is 13.3. The Kier molecular flexibility index (Phi) is 8.45. The summed E-state index contributed by atoms with van der Waals surface area (Å²) >= 11 is 0. The Morgan fingerprint density at radius 2 is 1.26 bits per heavy atom. The van der Waals surface area contributed by atoms with E-state index in [0.29, 0.717) is 0 Å². The van der Waals surface area contributed by atoms with E-state index in [-0.39, 0.29) is 0 Å². The van der Waals surface area contributed by atoms with Gasteiger partial charge in [-0.15, -0.1) is 6.58 Å². The van der Waals surface area contributed by atoms with Crippen LogP contribution >= 0.6 is 0 Å². The van der Waals surface area contributed by atoms with E-state index in [1.165, 1.54) is 88.2 Å². The van der Waals surface area contributed by atoms with Crippen LogP contribution in [-0.4, -0.2) is 7.11 Å². The Morgan fingerprint density at radius 1 is 0.778 bits per heavy atom. The molecule has 1 nitrogen and oxygen atoms in total. The van der Waals surface area contributed by atoms with Crippen molar-refractivity contribution in [2.75, 3.05) is 7.11 Å². The van der Waals surface area contributed by atoms with Crippen LogP contribution in [0.2, 0.25) is 0 Å². The lowest BCUT2D eigenvalue weighted by atomic mass is 9.75. The van der Waals surface area contributed by atoms with Gasteiger partial charge in [0.1, 0.15) is 0 Å². The number of allylic oxidation sites excluding steroid dienone is 1. The molecule has 0 N–H and O–H groups in total. The van der Waals surface area contributed by atoms with Gasteiger partial charge in [0.2, 0.25) is 0 Å². The Labute approximate surface area is 167 Å². The highest BCUT2D eigenvalue weighted by atomic mass is 16.5. The lowest BCUT2D eigenvalue weighted by Gasteiger charge is -2.31. The fourth-order valence-electron chi connectivity index (χ4n) is 5.33. The van der Waals surface area contributed by atoms with Gasteiger partial charge in [-0.05, 0) is 73.3 Å². The molecule has 0 heterocycles. The van der Waals surface area contributed by atoms with Crippen molar-refractivity contribution in [3.8, 4) is 0 Å². The minimum atomic E-state index is 0.722. The van der Waals surface area contributed by atoms with E-state index in [9.17, 15) is 0 Å². The quantitative estimate of drug-likeness (QED) is 0.414. The second kappa shape index (κ2) is 11.1. The molecule has 1 aromatic carbocycles. The van der Waals surface area contributed by atoms with Crippen molar-refractivity contribution < 1.29 is 4.74 Å². The maximum absolute atomic E-state index is 5.20. The number of aryl methyl sites for hydroxylation is 1. The number of rotatable bonds is 9. The zero-order chi connectivity index (χ0) is 18.9. The lowest BCUT2D eigenvalue weighted by Crippen LogP contribution is -2.18. The summed E-state index contributed by atoms with van der Waals surface area (Å²) in [7, 11) is 1.76. The maximum atomic E-state index is 5.20.